The van der Waals surface area contributed by atoms with Gasteiger partial charge >= 0.3 is 0 Å². The molecule has 1 aromatic heterocycles. The van der Waals surface area contributed by atoms with E-state index < -0.39 is 6.04 Å². The van der Waals surface area contributed by atoms with Crippen LogP contribution in [0.3, 0.4) is 0 Å². The van der Waals surface area contributed by atoms with Gasteiger partial charge in [0, 0.05) is 10.8 Å². The summed E-state index contributed by atoms with van der Waals surface area (Å²) in [5.74, 6) is 0. The summed E-state index contributed by atoms with van der Waals surface area (Å²) < 4.78 is 48.6. The van der Waals surface area contributed by atoms with Crippen molar-refractivity contribution in [3.63, 3.8) is 0 Å². The topological polar surface area (TPSA) is 13.1 Å². The highest BCUT2D eigenvalue weighted by molar-refractivity contribution is 6.24. The van der Waals surface area contributed by atoms with Crippen LogP contribution in [-0.4, -0.2) is 0 Å². The van der Waals surface area contributed by atoms with Crippen LogP contribution in [0.4, 0.5) is 0 Å². The Morgan fingerprint density at radius 3 is 1.57 bits per heavy atom. The minimum Gasteiger partial charge on any atom is -0.456 e. The molecule has 0 atom stereocenters. The van der Waals surface area contributed by atoms with Gasteiger partial charge in [-0.15, -0.1) is 0 Å². The number of hydrogen-bond acceptors (Lipinski definition) is 1. The van der Waals surface area contributed by atoms with Crippen molar-refractivity contribution in [2.75, 3.05) is 0 Å². The summed E-state index contributed by atoms with van der Waals surface area (Å²) in [6, 6.07) is 50.8. The number of rotatable bonds is 4. The van der Waals surface area contributed by atoms with Gasteiger partial charge in [-0.25, -0.2) is 0 Å². The van der Waals surface area contributed by atoms with E-state index in [-0.39, 0.29) is 29.7 Å². The van der Waals surface area contributed by atoms with Gasteiger partial charge in [0.1, 0.15) is 11.2 Å². The fourth-order valence-electron chi connectivity index (χ4n) is 7.61. The molecule has 49 heavy (non-hydrogen) atoms. The number of benzene rings is 9. The molecule has 0 unspecified atom stereocenters. The molecule has 0 N–H and O–H groups in total. The number of furan rings is 1. The third-order valence-corrected chi connectivity index (χ3v) is 9.76. The summed E-state index contributed by atoms with van der Waals surface area (Å²) in [6.07, 6.45) is 0. The predicted octanol–water partition coefficient (Wildman–Crippen LogP) is 13.7. The van der Waals surface area contributed by atoms with Crippen LogP contribution in [0.1, 0.15) is 6.85 Å². The summed E-state index contributed by atoms with van der Waals surface area (Å²) in [5.41, 5.74) is 9.09. The van der Waals surface area contributed by atoms with Crippen LogP contribution >= 0.6 is 0 Å². The molecule has 0 saturated carbocycles. The van der Waals surface area contributed by atoms with Gasteiger partial charge < -0.3 is 4.42 Å². The standard InChI is InChI=1S/C48H30O/c1-2-13-31(14-3-1)35-27-28-44(37-18-5-4-17-36(35)37)48-42-22-8-6-20-40(42)47(41-21-7-9-23-43(41)48)34-16-12-15-32(29-34)33-25-26-39-38-19-10-11-24-45(38)49-46(39)30-33/h1-30H/i1D,2D,3D,13D,14D. The molecule has 0 aliphatic rings. The molecule has 0 amide bonds. The zero-order chi connectivity index (χ0) is 36.7. The third-order valence-electron chi connectivity index (χ3n) is 9.76. The van der Waals surface area contributed by atoms with Crippen LogP contribution in [0.25, 0.3) is 98.8 Å². The largest absolute Gasteiger partial charge is 0.456 e. The van der Waals surface area contributed by atoms with Crippen molar-refractivity contribution in [2.24, 2.45) is 0 Å². The van der Waals surface area contributed by atoms with E-state index in [0.717, 1.165) is 87.6 Å². The summed E-state index contributed by atoms with van der Waals surface area (Å²) in [6.45, 7) is 0. The second kappa shape index (κ2) is 11.1. The minimum atomic E-state index is -0.398. The molecule has 228 valence electrons. The van der Waals surface area contributed by atoms with Crippen molar-refractivity contribution < 1.29 is 11.3 Å². The fourth-order valence-corrected chi connectivity index (χ4v) is 7.61. The second-order valence-corrected chi connectivity index (χ2v) is 12.4. The van der Waals surface area contributed by atoms with Gasteiger partial charge in [0.05, 0.1) is 6.85 Å². The summed E-state index contributed by atoms with van der Waals surface area (Å²) in [4.78, 5) is 0. The maximum Gasteiger partial charge on any atom is 0.136 e. The van der Waals surface area contributed by atoms with Crippen molar-refractivity contribution in [1.29, 1.82) is 0 Å². The number of fused-ring (bicyclic) bond motifs is 6. The Morgan fingerprint density at radius 1 is 0.327 bits per heavy atom. The average Bonchev–Trinajstić information content (AvgIpc) is 3.59. The monoisotopic (exact) mass is 627 g/mol. The highest BCUT2D eigenvalue weighted by Gasteiger charge is 2.19. The summed E-state index contributed by atoms with van der Waals surface area (Å²) in [5, 5.41) is 8.41. The smallest absolute Gasteiger partial charge is 0.136 e. The molecule has 0 aliphatic heterocycles. The second-order valence-electron chi connectivity index (χ2n) is 12.4. The zero-order valence-corrected chi connectivity index (χ0v) is 26.3. The molecule has 10 aromatic rings. The normalized spacial score (nSPS) is 13.1. The van der Waals surface area contributed by atoms with E-state index in [1.807, 2.05) is 48.5 Å². The van der Waals surface area contributed by atoms with Gasteiger partial charge in [0.25, 0.3) is 0 Å². The highest BCUT2D eigenvalue weighted by atomic mass is 16.3. The van der Waals surface area contributed by atoms with E-state index in [1.165, 1.54) is 0 Å². The molecule has 0 fully saturated rings. The molecule has 0 radical (unpaired) electrons. The number of para-hydroxylation sites is 1. The maximum absolute atomic E-state index is 8.74. The highest BCUT2D eigenvalue weighted by Crippen LogP contribution is 2.47. The third kappa shape index (κ3) is 4.40. The predicted molar refractivity (Wildman–Crippen MR) is 208 cm³/mol. The first-order chi connectivity index (χ1) is 26.4. The molecular formula is C48H30O. The zero-order valence-electron chi connectivity index (χ0n) is 31.3. The minimum absolute atomic E-state index is 0.202. The van der Waals surface area contributed by atoms with Crippen molar-refractivity contribution in [3.8, 4) is 44.5 Å². The summed E-state index contributed by atoms with van der Waals surface area (Å²) in [7, 11) is 0. The average molecular weight is 628 g/mol. The lowest BCUT2D eigenvalue weighted by molar-refractivity contribution is 0.669. The van der Waals surface area contributed by atoms with E-state index in [2.05, 4.69) is 103 Å². The quantitative estimate of drug-likeness (QED) is 0.177. The van der Waals surface area contributed by atoms with Gasteiger partial charge in [0.15, 0.2) is 0 Å². The van der Waals surface area contributed by atoms with E-state index in [4.69, 9.17) is 11.3 Å². The fraction of sp³-hybridized carbons (Fsp3) is 0. The van der Waals surface area contributed by atoms with E-state index in [0.29, 0.717) is 5.56 Å². The van der Waals surface area contributed by atoms with Gasteiger partial charge in [-0.1, -0.05) is 158 Å². The van der Waals surface area contributed by atoms with Crippen molar-refractivity contribution >= 4 is 54.3 Å². The first-order valence-electron chi connectivity index (χ1n) is 18.9. The summed E-state index contributed by atoms with van der Waals surface area (Å²) >= 11 is 0. The first-order valence-corrected chi connectivity index (χ1v) is 16.4. The Balaban J connectivity index is 1.20. The van der Waals surface area contributed by atoms with Crippen LogP contribution in [0.2, 0.25) is 0 Å². The molecule has 0 spiro atoms. The van der Waals surface area contributed by atoms with Crippen LogP contribution < -0.4 is 0 Å². The van der Waals surface area contributed by atoms with Crippen LogP contribution in [0.5, 0.6) is 0 Å². The molecule has 10 rings (SSSR count). The van der Waals surface area contributed by atoms with Gasteiger partial charge in [0.2, 0.25) is 0 Å². The maximum atomic E-state index is 8.74. The van der Waals surface area contributed by atoms with E-state index in [9.17, 15) is 0 Å². The Bertz CT molecular complexity index is 3090. The molecule has 0 saturated heterocycles. The van der Waals surface area contributed by atoms with Crippen LogP contribution in [-0.2, 0) is 0 Å². The Hall–Kier alpha value is -6.44. The molecule has 1 heterocycles. The molecule has 0 bridgehead atoms. The molecule has 0 aliphatic carbocycles. The Kier molecular flexibility index (Phi) is 5.20. The lowest BCUT2D eigenvalue weighted by Gasteiger charge is -2.20. The van der Waals surface area contributed by atoms with Crippen LogP contribution in [0, 0.1) is 0 Å². The van der Waals surface area contributed by atoms with Gasteiger partial charge in [-0.2, -0.15) is 0 Å². The lowest BCUT2D eigenvalue weighted by Crippen LogP contribution is -1.92. The van der Waals surface area contributed by atoms with E-state index >= 15 is 0 Å². The molecule has 1 nitrogen and oxygen atoms in total. The Morgan fingerprint density at radius 2 is 0.857 bits per heavy atom. The van der Waals surface area contributed by atoms with E-state index in [1.54, 1.807) is 0 Å². The van der Waals surface area contributed by atoms with Gasteiger partial charge in [-0.05, 0) is 101 Å². The molecular weight excluding hydrogens is 593 g/mol. The SMILES string of the molecule is [2H]c1c([2H])c([2H])c(-c2ccc(-c3c4ccccc4c(-c4cccc(-c5ccc6c(c5)oc5ccccc56)c4)c4ccccc34)c3ccccc23)c([2H])c1[2H]. The Labute approximate surface area is 291 Å². The lowest BCUT2D eigenvalue weighted by atomic mass is 9.83. The molecule has 1 heteroatoms. The first kappa shape index (κ1) is 23.0. The number of hydrogen-bond donors (Lipinski definition) is 0. The van der Waals surface area contributed by atoms with Crippen molar-refractivity contribution in [2.45, 2.75) is 0 Å². The van der Waals surface area contributed by atoms with Crippen molar-refractivity contribution in [3.05, 3.63) is 182 Å². The van der Waals surface area contributed by atoms with Gasteiger partial charge in [-0.3, -0.25) is 0 Å². The molecule has 9 aromatic carbocycles. The van der Waals surface area contributed by atoms with Crippen molar-refractivity contribution in [1.82, 2.24) is 0 Å². The van der Waals surface area contributed by atoms with Crippen LogP contribution in [0.15, 0.2) is 186 Å².